The van der Waals surface area contributed by atoms with Crippen molar-refractivity contribution in [1.29, 1.82) is 5.26 Å². The van der Waals surface area contributed by atoms with Crippen LogP contribution in [0.2, 0.25) is 0 Å². The molecule has 1 amide bonds. The number of nitrogens with zero attached hydrogens (tertiary/aromatic N) is 1. The minimum absolute atomic E-state index is 0.00796. The molecule has 0 aliphatic carbocycles. The van der Waals surface area contributed by atoms with Gasteiger partial charge in [0.15, 0.2) is 0 Å². The van der Waals surface area contributed by atoms with Crippen LogP contribution in [-0.2, 0) is 9.53 Å². The van der Waals surface area contributed by atoms with E-state index in [1.54, 1.807) is 12.1 Å². The highest BCUT2D eigenvalue weighted by Crippen LogP contribution is 2.14. The zero-order valence-corrected chi connectivity index (χ0v) is 11.0. The van der Waals surface area contributed by atoms with Crippen LogP contribution in [0.25, 0.3) is 6.08 Å². The topological polar surface area (TPSA) is 82.3 Å². The standard InChI is InChI=1S/C15H16N2O3/c16-9-12(7-11-3-1-4-13(18)8-11)15(19)17-10-14-5-2-6-20-14/h1,3-4,7-8,14,18H,2,5-6,10H2,(H,17,19)/b12-7-. The molecular weight excluding hydrogens is 256 g/mol. The Morgan fingerprint density at radius 1 is 1.60 bits per heavy atom. The number of carbonyl (C=O) groups excluding carboxylic acids is 1. The summed E-state index contributed by atoms with van der Waals surface area (Å²) in [5.74, 6) is -0.331. The van der Waals surface area contributed by atoms with Crippen LogP contribution in [0.1, 0.15) is 18.4 Å². The van der Waals surface area contributed by atoms with E-state index in [-0.39, 0.29) is 17.4 Å². The predicted octanol–water partition coefficient (Wildman–Crippen LogP) is 1.59. The molecule has 1 heterocycles. The molecular formula is C15H16N2O3. The minimum Gasteiger partial charge on any atom is -0.508 e. The van der Waals surface area contributed by atoms with Gasteiger partial charge in [0.25, 0.3) is 5.91 Å². The Hall–Kier alpha value is -2.32. The number of rotatable bonds is 4. The van der Waals surface area contributed by atoms with Gasteiger partial charge < -0.3 is 15.2 Å². The number of carbonyl (C=O) groups is 1. The zero-order valence-electron chi connectivity index (χ0n) is 11.0. The van der Waals surface area contributed by atoms with Crippen molar-refractivity contribution in [2.75, 3.05) is 13.2 Å². The highest BCUT2D eigenvalue weighted by Gasteiger charge is 2.17. The smallest absolute Gasteiger partial charge is 0.262 e. The van der Waals surface area contributed by atoms with Gasteiger partial charge in [-0.3, -0.25) is 4.79 Å². The van der Waals surface area contributed by atoms with E-state index in [1.807, 2.05) is 6.07 Å². The SMILES string of the molecule is N#C/C(=C/c1cccc(O)c1)C(=O)NCC1CCCO1. The molecule has 5 nitrogen and oxygen atoms in total. The van der Waals surface area contributed by atoms with Crippen LogP contribution >= 0.6 is 0 Å². The highest BCUT2D eigenvalue weighted by molar-refractivity contribution is 6.01. The molecule has 5 heteroatoms. The fraction of sp³-hybridized carbons (Fsp3) is 0.333. The van der Waals surface area contributed by atoms with Crippen LogP contribution in [0.15, 0.2) is 29.8 Å². The summed E-state index contributed by atoms with van der Waals surface area (Å²) in [6, 6.07) is 8.26. The fourth-order valence-electron chi connectivity index (χ4n) is 2.04. The monoisotopic (exact) mass is 272 g/mol. The van der Waals surface area contributed by atoms with Crippen LogP contribution in [0.4, 0.5) is 0 Å². The number of hydrogen-bond donors (Lipinski definition) is 2. The Balaban J connectivity index is 1.99. The van der Waals surface area contributed by atoms with Crippen molar-refractivity contribution in [2.45, 2.75) is 18.9 Å². The Labute approximate surface area is 117 Å². The lowest BCUT2D eigenvalue weighted by atomic mass is 10.1. The van der Waals surface area contributed by atoms with Crippen LogP contribution in [0.3, 0.4) is 0 Å². The number of nitrogens with one attached hydrogen (secondary N) is 1. The number of aromatic hydroxyl groups is 1. The lowest BCUT2D eigenvalue weighted by Crippen LogP contribution is -2.32. The molecule has 0 radical (unpaired) electrons. The first kappa shape index (κ1) is 14.1. The molecule has 1 unspecified atom stereocenters. The van der Waals surface area contributed by atoms with Gasteiger partial charge in [-0.25, -0.2) is 0 Å². The van der Waals surface area contributed by atoms with Crippen molar-refractivity contribution in [1.82, 2.24) is 5.32 Å². The summed E-state index contributed by atoms with van der Waals surface area (Å²) in [4.78, 5) is 11.9. The van der Waals surface area contributed by atoms with E-state index in [0.29, 0.717) is 12.1 Å². The maximum atomic E-state index is 11.9. The van der Waals surface area contributed by atoms with E-state index < -0.39 is 5.91 Å². The molecule has 1 aliphatic rings. The maximum Gasteiger partial charge on any atom is 0.262 e. The van der Waals surface area contributed by atoms with Crippen molar-refractivity contribution >= 4 is 12.0 Å². The first-order chi connectivity index (χ1) is 9.69. The molecule has 104 valence electrons. The largest absolute Gasteiger partial charge is 0.508 e. The van der Waals surface area contributed by atoms with E-state index in [1.165, 1.54) is 18.2 Å². The Morgan fingerprint density at radius 2 is 2.45 bits per heavy atom. The molecule has 2 N–H and O–H groups in total. The third-order valence-corrected chi connectivity index (χ3v) is 3.06. The van der Waals surface area contributed by atoms with Crippen LogP contribution in [0, 0.1) is 11.3 Å². The second-order valence-corrected chi connectivity index (χ2v) is 4.61. The fourth-order valence-corrected chi connectivity index (χ4v) is 2.04. The second kappa shape index (κ2) is 6.73. The molecule has 1 aromatic carbocycles. The lowest BCUT2D eigenvalue weighted by Gasteiger charge is -2.10. The van der Waals surface area contributed by atoms with Crippen LogP contribution < -0.4 is 5.32 Å². The number of ether oxygens (including phenoxy) is 1. The first-order valence-electron chi connectivity index (χ1n) is 6.49. The van der Waals surface area contributed by atoms with Gasteiger partial charge in [-0.1, -0.05) is 12.1 Å². The number of nitriles is 1. The Bertz CT molecular complexity index is 554. The molecule has 0 aromatic heterocycles. The Morgan fingerprint density at radius 3 is 3.10 bits per heavy atom. The molecule has 1 aliphatic heterocycles. The Kier molecular flexibility index (Phi) is 4.75. The second-order valence-electron chi connectivity index (χ2n) is 4.61. The minimum atomic E-state index is -0.425. The highest BCUT2D eigenvalue weighted by atomic mass is 16.5. The molecule has 2 rings (SSSR count). The van der Waals surface area contributed by atoms with Crippen molar-refractivity contribution in [3.8, 4) is 11.8 Å². The average Bonchev–Trinajstić information content (AvgIpc) is 2.95. The van der Waals surface area contributed by atoms with Gasteiger partial charge in [-0.2, -0.15) is 5.26 Å². The van der Waals surface area contributed by atoms with E-state index in [0.717, 1.165) is 19.4 Å². The zero-order chi connectivity index (χ0) is 14.4. The third kappa shape index (κ3) is 3.84. The summed E-state index contributed by atoms with van der Waals surface area (Å²) >= 11 is 0. The number of hydrogen-bond acceptors (Lipinski definition) is 4. The van der Waals surface area contributed by atoms with Gasteiger partial charge in [-0.15, -0.1) is 0 Å². The molecule has 1 saturated heterocycles. The molecule has 1 fully saturated rings. The van der Waals surface area contributed by atoms with E-state index in [2.05, 4.69) is 5.32 Å². The molecule has 20 heavy (non-hydrogen) atoms. The number of phenolic OH excluding ortho intramolecular Hbond substituents is 1. The van der Waals surface area contributed by atoms with Crippen molar-refractivity contribution < 1.29 is 14.6 Å². The molecule has 1 atom stereocenters. The molecule has 1 aromatic rings. The maximum absolute atomic E-state index is 11.9. The summed E-state index contributed by atoms with van der Waals surface area (Å²) < 4.78 is 5.40. The normalized spacial score (nSPS) is 18.6. The molecule has 0 saturated carbocycles. The van der Waals surface area contributed by atoms with E-state index in [4.69, 9.17) is 10.00 Å². The van der Waals surface area contributed by atoms with Crippen LogP contribution in [-0.4, -0.2) is 30.3 Å². The third-order valence-electron chi connectivity index (χ3n) is 3.06. The van der Waals surface area contributed by atoms with Gasteiger partial charge in [-0.05, 0) is 36.6 Å². The first-order valence-corrected chi connectivity index (χ1v) is 6.49. The summed E-state index contributed by atoms with van der Waals surface area (Å²) in [6.07, 6.45) is 3.42. The van der Waals surface area contributed by atoms with E-state index in [9.17, 15) is 9.90 Å². The summed E-state index contributed by atoms with van der Waals surface area (Å²) in [6.45, 7) is 1.14. The lowest BCUT2D eigenvalue weighted by molar-refractivity contribution is -0.117. The number of phenols is 1. The van der Waals surface area contributed by atoms with Gasteiger partial charge >= 0.3 is 0 Å². The van der Waals surface area contributed by atoms with Gasteiger partial charge in [0.2, 0.25) is 0 Å². The number of amides is 1. The van der Waals surface area contributed by atoms with Crippen molar-refractivity contribution in [3.63, 3.8) is 0 Å². The summed E-state index contributed by atoms with van der Waals surface area (Å²) in [7, 11) is 0. The van der Waals surface area contributed by atoms with Gasteiger partial charge in [0, 0.05) is 13.2 Å². The van der Waals surface area contributed by atoms with Crippen molar-refractivity contribution in [3.05, 3.63) is 35.4 Å². The van der Waals surface area contributed by atoms with Gasteiger partial charge in [0.1, 0.15) is 17.4 Å². The number of benzene rings is 1. The summed E-state index contributed by atoms with van der Waals surface area (Å²) in [5, 5.41) is 21.1. The summed E-state index contributed by atoms with van der Waals surface area (Å²) in [5.41, 5.74) is 0.613. The van der Waals surface area contributed by atoms with E-state index >= 15 is 0 Å². The molecule has 0 spiro atoms. The van der Waals surface area contributed by atoms with Gasteiger partial charge in [0.05, 0.1) is 6.10 Å². The van der Waals surface area contributed by atoms with Crippen LogP contribution in [0.5, 0.6) is 5.75 Å². The average molecular weight is 272 g/mol. The quantitative estimate of drug-likeness (QED) is 0.644. The predicted molar refractivity (Wildman–Crippen MR) is 73.7 cm³/mol. The molecule has 0 bridgehead atoms. The van der Waals surface area contributed by atoms with Crippen molar-refractivity contribution in [2.24, 2.45) is 0 Å².